The summed E-state index contributed by atoms with van der Waals surface area (Å²) >= 11 is 5.86. The Balaban J connectivity index is 1.25. The Kier molecular flexibility index (Phi) is 6.97. The van der Waals surface area contributed by atoms with Gasteiger partial charge in [-0.3, -0.25) is 9.69 Å². The Morgan fingerprint density at radius 3 is 2.26 bits per heavy atom. The second-order valence-electron chi connectivity index (χ2n) is 7.55. The van der Waals surface area contributed by atoms with Gasteiger partial charge in [0.2, 0.25) is 0 Å². The van der Waals surface area contributed by atoms with Gasteiger partial charge in [0.15, 0.2) is 0 Å². The normalized spacial score (nSPS) is 14.7. The summed E-state index contributed by atoms with van der Waals surface area (Å²) in [5, 5.41) is 4.68. The summed E-state index contributed by atoms with van der Waals surface area (Å²) in [7, 11) is 0. The molecule has 0 aromatic heterocycles. The lowest BCUT2D eigenvalue weighted by molar-refractivity contribution is 0.0955. The molecule has 0 aliphatic carbocycles. The fourth-order valence-corrected chi connectivity index (χ4v) is 3.73. The number of hydrogen-bond acceptors (Lipinski definition) is 4. The summed E-state index contributed by atoms with van der Waals surface area (Å²) < 4.78 is 0. The molecule has 1 aliphatic heterocycles. The smallest absolute Gasteiger partial charge is 0.271 e. The molecule has 0 spiro atoms. The fourth-order valence-electron chi connectivity index (χ4n) is 3.60. The number of benzene rings is 3. The van der Waals surface area contributed by atoms with Crippen molar-refractivity contribution >= 4 is 29.4 Å². The van der Waals surface area contributed by atoms with Gasteiger partial charge >= 0.3 is 0 Å². The van der Waals surface area contributed by atoms with Gasteiger partial charge < -0.3 is 4.90 Å². The summed E-state index contributed by atoms with van der Waals surface area (Å²) in [6, 6.07) is 25.5. The van der Waals surface area contributed by atoms with E-state index in [4.69, 9.17) is 11.6 Å². The molecule has 31 heavy (non-hydrogen) atoms. The molecule has 0 saturated carbocycles. The molecule has 6 heteroatoms. The fraction of sp³-hybridized carbons (Fsp3) is 0.200. The van der Waals surface area contributed by atoms with Crippen molar-refractivity contribution in [2.75, 3.05) is 31.1 Å². The monoisotopic (exact) mass is 432 g/mol. The maximum atomic E-state index is 12.3. The van der Waals surface area contributed by atoms with Crippen molar-refractivity contribution in [3.8, 4) is 0 Å². The highest BCUT2D eigenvalue weighted by Crippen LogP contribution is 2.17. The third kappa shape index (κ3) is 5.94. The highest BCUT2D eigenvalue weighted by molar-refractivity contribution is 6.30. The largest absolute Gasteiger partial charge is 0.369 e. The third-order valence-electron chi connectivity index (χ3n) is 5.37. The molecule has 5 nitrogen and oxygen atoms in total. The summed E-state index contributed by atoms with van der Waals surface area (Å²) in [5.41, 5.74) is 6.51. The zero-order valence-corrected chi connectivity index (χ0v) is 18.0. The molecular formula is C25H25ClN4O. The minimum Gasteiger partial charge on any atom is -0.369 e. The van der Waals surface area contributed by atoms with Crippen LogP contribution in [0.15, 0.2) is 84.0 Å². The number of piperazine rings is 1. The van der Waals surface area contributed by atoms with Crippen LogP contribution in [0.3, 0.4) is 0 Å². The van der Waals surface area contributed by atoms with E-state index < -0.39 is 0 Å². The van der Waals surface area contributed by atoms with Crippen molar-refractivity contribution in [3.63, 3.8) is 0 Å². The molecule has 1 fully saturated rings. The molecule has 1 amide bonds. The molecule has 0 unspecified atom stereocenters. The first kappa shape index (κ1) is 21.1. The van der Waals surface area contributed by atoms with Crippen molar-refractivity contribution in [2.45, 2.75) is 6.54 Å². The van der Waals surface area contributed by atoms with Crippen molar-refractivity contribution in [2.24, 2.45) is 5.10 Å². The number of amides is 1. The Hall–Kier alpha value is -3.15. The summed E-state index contributed by atoms with van der Waals surface area (Å²) in [4.78, 5) is 17.2. The molecule has 1 N–H and O–H groups in total. The second kappa shape index (κ2) is 10.2. The number of hydrogen-bond donors (Lipinski definition) is 1. The van der Waals surface area contributed by atoms with Gasteiger partial charge in [-0.1, -0.05) is 54.1 Å². The standard InChI is InChI=1S/C25H25ClN4O/c26-23-12-8-20(9-13-23)18-27-28-25(31)22-10-6-21(7-11-22)19-29-14-16-30(17-15-29)24-4-2-1-3-5-24/h1-13,18H,14-17,19H2,(H,28,31)/b27-18-. The van der Waals surface area contributed by atoms with Gasteiger partial charge in [0.05, 0.1) is 6.21 Å². The van der Waals surface area contributed by atoms with Crippen LogP contribution in [0, 0.1) is 0 Å². The minimum absolute atomic E-state index is 0.228. The predicted octanol–water partition coefficient (Wildman–Crippen LogP) is 4.43. The van der Waals surface area contributed by atoms with Gasteiger partial charge in [-0.2, -0.15) is 5.10 Å². The van der Waals surface area contributed by atoms with Gasteiger partial charge in [0, 0.05) is 49.0 Å². The van der Waals surface area contributed by atoms with Crippen LogP contribution in [0.4, 0.5) is 5.69 Å². The number of nitrogens with one attached hydrogen (secondary N) is 1. The van der Waals surface area contributed by atoms with E-state index >= 15 is 0 Å². The molecular weight excluding hydrogens is 408 g/mol. The van der Waals surface area contributed by atoms with Gasteiger partial charge in [-0.25, -0.2) is 5.43 Å². The number of anilines is 1. The summed E-state index contributed by atoms with van der Waals surface area (Å²) in [5.74, 6) is -0.228. The first-order valence-corrected chi connectivity index (χ1v) is 10.8. The zero-order chi connectivity index (χ0) is 21.5. The van der Waals surface area contributed by atoms with Crippen LogP contribution >= 0.6 is 11.6 Å². The van der Waals surface area contributed by atoms with Crippen molar-refractivity contribution in [1.82, 2.24) is 10.3 Å². The van der Waals surface area contributed by atoms with Crippen LogP contribution in [0.5, 0.6) is 0 Å². The van der Waals surface area contributed by atoms with Crippen molar-refractivity contribution in [1.29, 1.82) is 0 Å². The molecule has 158 valence electrons. The maximum Gasteiger partial charge on any atom is 0.271 e. The first-order valence-electron chi connectivity index (χ1n) is 10.4. The lowest BCUT2D eigenvalue weighted by Gasteiger charge is -2.36. The highest BCUT2D eigenvalue weighted by atomic mass is 35.5. The third-order valence-corrected chi connectivity index (χ3v) is 5.62. The zero-order valence-electron chi connectivity index (χ0n) is 17.2. The number of para-hydroxylation sites is 1. The van der Waals surface area contributed by atoms with E-state index in [1.807, 2.05) is 36.4 Å². The number of halogens is 1. The quantitative estimate of drug-likeness (QED) is 0.463. The molecule has 0 radical (unpaired) electrons. The van der Waals surface area contributed by atoms with E-state index in [2.05, 4.69) is 50.7 Å². The number of carbonyl (C=O) groups is 1. The van der Waals surface area contributed by atoms with E-state index in [0.717, 1.165) is 38.3 Å². The van der Waals surface area contributed by atoms with Crippen LogP contribution in [-0.2, 0) is 6.54 Å². The van der Waals surface area contributed by atoms with Crippen molar-refractivity contribution in [3.05, 3.63) is 101 Å². The molecule has 3 aromatic rings. The Labute approximate surface area is 187 Å². The minimum atomic E-state index is -0.228. The van der Waals surface area contributed by atoms with E-state index in [-0.39, 0.29) is 5.91 Å². The Morgan fingerprint density at radius 1 is 0.903 bits per heavy atom. The van der Waals surface area contributed by atoms with Crippen LogP contribution in [-0.4, -0.2) is 43.2 Å². The molecule has 0 atom stereocenters. The van der Waals surface area contributed by atoms with Gasteiger partial charge in [0.25, 0.3) is 5.91 Å². The Bertz CT molecular complexity index is 1010. The van der Waals surface area contributed by atoms with Crippen molar-refractivity contribution < 1.29 is 4.79 Å². The SMILES string of the molecule is O=C(N/N=C\c1ccc(Cl)cc1)c1ccc(CN2CCN(c3ccccc3)CC2)cc1. The van der Waals surface area contributed by atoms with Gasteiger partial charge in [-0.05, 0) is 47.5 Å². The summed E-state index contributed by atoms with van der Waals surface area (Å²) in [6.07, 6.45) is 1.59. The van der Waals surface area contributed by atoms with E-state index in [9.17, 15) is 4.79 Å². The lowest BCUT2D eigenvalue weighted by atomic mass is 10.1. The van der Waals surface area contributed by atoms with Crippen LogP contribution in [0.2, 0.25) is 5.02 Å². The van der Waals surface area contributed by atoms with Gasteiger partial charge in [-0.15, -0.1) is 0 Å². The van der Waals surface area contributed by atoms with Crippen LogP contribution in [0.25, 0.3) is 0 Å². The molecule has 1 heterocycles. The highest BCUT2D eigenvalue weighted by Gasteiger charge is 2.17. The maximum absolute atomic E-state index is 12.3. The predicted molar refractivity (Wildman–Crippen MR) is 127 cm³/mol. The average molecular weight is 433 g/mol. The second-order valence-corrected chi connectivity index (χ2v) is 7.98. The lowest BCUT2D eigenvalue weighted by Crippen LogP contribution is -2.45. The van der Waals surface area contributed by atoms with Crippen LogP contribution < -0.4 is 10.3 Å². The van der Waals surface area contributed by atoms with Crippen LogP contribution in [0.1, 0.15) is 21.5 Å². The number of hydrazone groups is 1. The number of nitrogens with zero attached hydrogens (tertiary/aromatic N) is 3. The molecule has 4 rings (SSSR count). The molecule has 1 saturated heterocycles. The molecule has 0 bridgehead atoms. The summed E-state index contributed by atoms with van der Waals surface area (Å²) in [6.45, 7) is 4.98. The average Bonchev–Trinajstić information content (AvgIpc) is 2.82. The van der Waals surface area contributed by atoms with E-state index in [1.165, 1.54) is 11.3 Å². The molecule has 3 aromatic carbocycles. The Morgan fingerprint density at radius 2 is 1.58 bits per heavy atom. The molecule has 1 aliphatic rings. The number of carbonyl (C=O) groups excluding carboxylic acids is 1. The van der Waals surface area contributed by atoms with E-state index in [1.54, 1.807) is 18.3 Å². The number of rotatable bonds is 6. The van der Waals surface area contributed by atoms with E-state index in [0.29, 0.717) is 10.6 Å². The van der Waals surface area contributed by atoms with Gasteiger partial charge in [0.1, 0.15) is 0 Å². The first-order chi connectivity index (χ1) is 15.2. The topological polar surface area (TPSA) is 47.9 Å².